The average molecular weight is 188 g/mol. The topological polar surface area (TPSA) is 38.7 Å². The highest BCUT2D eigenvalue weighted by molar-refractivity contribution is 4.87. The summed E-state index contributed by atoms with van der Waals surface area (Å²) in [6.07, 6.45) is -0.0680. The van der Waals surface area contributed by atoms with Crippen LogP contribution >= 0.6 is 0 Å². The van der Waals surface area contributed by atoms with Crippen LogP contribution in [0.4, 0.5) is 0 Å². The lowest BCUT2D eigenvalue weighted by Crippen LogP contribution is -2.22. The first-order chi connectivity index (χ1) is 6.06. The number of hydrogen-bond donors (Lipinski definition) is 1. The lowest BCUT2D eigenvalue weighted by atomic mass is 10.3. The van der Waals surface area contributed by atoms with Crippen LogP contribution < -0.4 is 0 Å². The summed E-state index contributed by atoms with van der Waals surface area (Å²) in [4.78, 5) is 0. The van der Waals surface area contributed by atoms with Gasteiger partial charge in [-0.2, -0.15) is 0 Å². The molecule has 2 atom stereocenters. The van der Waals surface area contributed by atoms with E-state index < -0.39 is 0 Å². The average Bonchev–Trinajstić information content (AvgIpc) is 2.10. The molecule has 3 heteroatoms. The molecule has 1 N–H and O–H groups in total. The molecule has 0 aromatic heterocycles. The van der Waals surface area contributed by atoms with Gasteiger partial charge in [0.25, 0.3) is 0 Å². The second-order valence-electron chi connectivity index (χ2n) is 3.41. The quantitative estimate of drug-likeness (QED) is 0.613. The molecule has 3 nitrogen and oxygen atoms in total. The second kappa shape index (κ2) is 7.06. The largest absolute Gasteiger partial charge is 0.394 e. The summed E-state index contributed by atoms with van der Waals surface area (Å²) in [5.74, 6) is 0. The van der Waals surface area contributed by atoms with Crippen molar-refractivity contribution >= 4 is 0 Å². The van der Waals surface area contributed by atoms with Crippen molar-refractivity contribution in [1.82, 2.24) is 0 Å². The molecule has 0 saturated heterocycles. The number of aliphatic hydroxyl groups excluding tert-OH is 1. The maximum absolute atomic E-state index is 8.69. The first kappa shape index (κ1) is 12.6. The summed E-state index contributed by atoms with van der Waals surface area (Å²) in [5.41, 5.74) is 1.00. The Morgan fingerprint density at radius 1 is 1.31 bits per heavy atom. The molecule has 0 aliphatic rings. The van der Waals surface area contributed by atoms with E-state index in [9.17, 15) is 0 Å². The van der Waals surface area contributed by atoms with E-state index in [0.29, 0.717) is 13.2 Å². The molecule has 0 aromatic rings. The Labute approximate surface area is 80.4 Å². The third-order valence-corrected chi connectivity index (χ3v) is 1.49. The fourth-order valence-electron chi connectivity index (χ4n) is 0.685. The van der Waals surface area contributed by atoms with E-state index in [1.165, 1.54) is 0 Å². The van der Waals surface area contributed by atoms with E-state index in [-0.39, 0.29) is 18.8 Å². The number of hydrogen-bond acceptors (Lipinski definition) is 3. The minimum atomic E-state index is -0.115. The minimum Gasteiger partial charge on any atom is -0.394 e. The van der Waals surface area contributed by atoms with Gasteiger partial charge in [-0.3, -0.25) is 0 Å². The zero-order valence-electron chi connectivity index (χ0n) is 8.75. The molecular formula is C10H20O3. The smallest absolute Gasteiger partial charge is 0.0785 e. The van der Waals surface area contributed by atoms with Crippen molar-refractivity contribution in [3.8, 4) is 0 Å². The van der Waals surface area contributed by atoms with Crippen molar-refractivity contribution in [3.05, 3.63) is 12.2 Å². The predicted octanol–water partition coefficient (Wildman–Crippen LogP) is 1.36. The van der Waals surface area contributed by atoms with Gasteiger partial charge in [-0.25, -0.2) is 0 Å². The third kappa shape index (κ3) is 7.96. The first-order valence-corrected chi connectivity index (χ1v) is 4.54. The molecule has 78 valence electrons. The van der Waals surface area contributed by atoms with Gasteiger partial charge in [0.05, 0.1) is 32.0 Å². The summed E-state index contributed by atoms with van der Waals surface area (Å²) in [5, 5.41) is 8.69. The van der Waals surface area contributed by atoms with Crippen molar-refractivity contribution in [2.75, 3.05) is 19.8 Å². The van der Waals surface area contributed by atoms with Gasteiger partial charge in [0.15, 0.2) is 0 Å². The lowest BCUT2D eigenvalue weighted by molar-refractivity contribution is -0.0402. The monoisotopic (exact) mass is 188 g/mol. The normalized spacial score (nSPS) is 15.4. The molecule has 0 bridgehead atoms. The summed E-state index contributed by atoms with van der Waals surface area (Å²) >= 11 is 0. The fourth-order valence-corrected chi connectivity index (χ4v) is 0.685. The maximum Gasteiger partial charge on any atom is 0.0785 e. The SMILES string of the molecule is C=C(C)COC(C)COC(C)CO. The van der Waals surface area contributed by atoms with Crippen molar-refractivity contribution in [2.45, 2.75) is 33.0 Å². The van der Waals surface area contributed by atoms with Crippen LogP contribution in [0.2, 0.25) is 0 Å². The van der Waals surface area contributed by atoms with Gasteiger partial charge < -0.3 is 14.6 Å². The van der Waals surface area contributed by atoms with E-state index in [1.807, 2.05) is 20.8 Å². The van der Waals surface area contributed by atoms with Gasteiger partial charge in [0.2, 0.25) is 0 Å². The number of rotatable bonds is 7. The summed E-state index contributed by atoms with van der Waals surface area (Å²) in [6.45, 7) is 10.5. The van der Waals surface area contributed by atoms with Crippen molar-refractivity contribution in [3.63, 3.8) is 0 Å². The third-order valence-electron chi connectivity index (χ3n) is 1.49. The van der Waals surface area contributed by atoms with Crippen LogP contribution in [-0.4, -0.2) is 37.1 Å². The molecule has 0 aliphatic heterocycles. The van der Waals surface area contributed by atoms with E-state index in [2.05, 4.69) is 6.58 Å². The summed E-state index contributed by atoms with van der Waals surface area (Å²) in [7, 11) is 0. The van der Waals surface area contributed by atoms with Crippen molar-refractivity contribution in [1.29, 1.82) is 0 Å². The van der Waals surface area contributed by atoms with Crippen LogP contribution in [0.15, 0.2) is 12.2 Å². The van der Waals surface area contributed by atoms with E-state index >= 15 is 0 Å². The van der Waals surface area contributed by atoms with E-state index in [4.69, 9.17) is 14.6 Å². The summed E-state index contributed by atoms with van der Waals surface area (Å²) in [6, 6.07) is 0. The molecule has 0 saturated carbocycles. The lowest BCUT2D eigenvalue weighted by Gasteiger charge is -2.16. The highest BCUT2D eigenvalue weighted by Crippen LogP contribution is 1.98. The van der Waals surface area contributed by atoms with Crippen LogP contribution in [0.3, 0.4) is 0 Å². The van der Waals surface area contributed by atoms with Gasteiger partial charge in [0, 0.05) is 0 Å². The molecule has 0 rings (SSSR count). The Kier molecular flexibility index (Phi) is 6.86. The highest BCUT2D eigenvalue weighted by atomic mass is 16.5. The molecule has 0 aromatic carbocycles. The molecule has 0 fully saturated rings. The fraction of sp³-hybridized carbons (Fsp3) is 0.800. The zero-order valence-corrected chi connectivity index (χ0v) is 8.75. The van der Waals surface area contributed by atoms with Crippen molar-refractivity contribution in [2.24, 2.45) is 0 Å². The maximum atomic E-state index is 8.69. The van der Waals surface area contributed by atoms with Crippen LogP contribution in [-0.2, 0) is 9.47 Å². The van der Waals surface area contributed by atoms with Crippen LogP contribution in [0.1, 0.15) is 20.8 Å². The Morgan fingerprint density at radius 3 is 2.38 bits per heavy atom. The number of ether oxygens (including phenoxy) is 2. The Morgan fingerprint density at radius 2 is 1.92 bits per heavy atom. The first-order valence-electron chi connectivity index (χ1n) is 4.54. The molecule has 0 radical (unpaired) electrons. The Bertz CT molecular complexity index is 145. The molecule has 0 aliphatic carbocycles. The Hall–Kier alpha value is -0.380. The van der Waals surface area contributed by atoms with Gasteiger partial charge in [-0.1, -0.05) is 12.2 Å². The molecule has 0 spiro atoms. The summed E-state index contributed by atoms with van der Waals surface area (Å²) < 4.78 is 10.7. The van der Waals surface area contributed by atoms with Gasteiger partial charge in [0.1, 0.15) is 0 Å². The zero-order chi connectivity index (χ0) is 10.3. The van der Waals surface area contributed by atoms with Crippen LogP contribution in [0.5, 0.6) is 0 Å². The number of aliphatic hydroxyl groups is 1. The minimum absolute atomic E-state index is 0.0469. The van der Waals surface area contributed by atoms with Gasteiger partial charge in [-0.05, 0) is 20.8 Å². The van der Waals surface area contributed by atoms with Crippen molar-refractivity contribution < 1.29 is 14.6 Å². The molecule has 0 heterocycles. The second-order valence-corrected chi connectivity index (χ2v) is 3.41. The molecule has 2 unspecified atom stereocenters. The predicted molar refractivity (Wildman–Crippen MR) is 52.7 cm³/mol. The molecular weight excluding hydrogens is 168 g/mol. The molecule has 13 heavy (non-hydrogen) atoms. The van der Waals surface area contributed by atoms with Crippen LogP contribution in [0.25, 0.3) is 0 Å². The standard InChI is InChI=1S/C10H20O3/c1-8(2)6-12-10(4)7-13-9(3)5-11/h9-11H,1,5-7H2,2-4H3. The van der Waals surface area contributed by atoms with E-state index in [0.717, 1.165) is 5.57 Å². The van der Waals surface area contributed by atoms with Gasteiger partial charge >= 0.3 is 0 Å². The van der Waals surface area contributed by atoms with Gasteiger partial charge in [-0.15, -0.1) is 0 Å². The Balaban J connectivity index is 3.39. The highest BCUT2D eigenvalue weighted by Gasteiger charge is 2.05. The van der Waals surface area contributed by atoms with E-state index in [1.54, 1.807) is 0 Å². The van der Waals surface area contributed by atoms with Crippen LogP contribution in [0, 0.1) is 0 Å². The molecule has 0 amide bonds.